The lowest BCUT2D eigenvalue weighted by Gasteiger charge is -2.16. The number of carbonyl (C=O) groups excluding carboxylic acids is 2. The Morgan fingerprint density at radius 2 is 1.72 bits per heavy atom. The molecule has 1 atom stereocenters. The van der Waals surface area contributed by atoms with Gasteiger partial charge in [0.25, 0.3) is 0 Å². The minimum atomic E-state index is -0.372. The van der Waals surface area contributed by atoms with Crippen LogP contribution in [0, 0.1) is 0 Å². The normalized spacial score (nSPS) is 11.7. The van der Waals surface area contributed by atoms with Crippen LogP contribution in [0.25, 0.3) is 11.1 Å². The zero-order valence-electron chi connectivity index (χ0n) is 14.7. The summed E-state index contributed by atoms with van der Waals surface area (Å²) < 4.78 is 0. The maximum absolute atomic E-state index is 11.9. The summed E-state index contributed by atoms with van der Waals surface area (Å²) in [4.78, 5) is 27.5. The van der Waals surface area contributed by atoms with E-state index in [9.17, 15) is 9.59 Å². The van der Waals surface area contributed by atoms with E-state index in [1.165, 1.54) is 0 Å². The predicted molar refractivity (Wildman–Crippen MR) is 97.9 cm³/mol. The maximum atomic E-state index is 11.9. The first-order chi connectivity index (χ1) is 12.0. The minimum Gasteiger partial charge on any atom is -0.352 e. The van der Waals surface area contributed by atoms with Crippen LogP contribution < -0.4 is 16.0 Å². The third-order valence-electron chi connectivity index (χ3n) is 3.61. The Morgan fingerprint density at radius 3 is 2.32 bits per heavy atom. The second-order valence-electron chi connectivity index (χ2n) is 6.13. The number of urea groups is 1. The van der Waals surface area contributed by atoms with Crippen molar-refractivity contribution in [2.75, 3.05) is 6.54 Å². The fraction of sp³-hybridized carbons (Fsp3) is 0.316. The molecule has 0 unspecified atom stereocenters. The molecule has 6 heteroatoms. The molecular formula is C19H24N4O2. The molecule has 132 valence electrons. The molecule has 0 spiro atoms. The van der Waals surface area contributed by atoms with Crippen LogP contribution in [0.1, 0.15) is 32.4 Å². The van der Waals surface area contributed by atoms with Crippen molar-refractivity contribution in [2.45, 2.75) is 32.9 Å². The lowest BCUT2D eigenvalue weighted by molar-refractivity contribution is -0.120. The van der Waals surface area contributed by atoms with E-state index in [0.29, 0.717) is 0 Å². The fourth-order valence-corrected chi connectivity index (χ4v) is 2.36. The van der Waals surface area contributed by atoms with Gasteiger partial charge in [0, 0.05) is 18.4 Å². The largest absolute Gasteiger partial charge is 0.352 e. The van der Waals surface area contributed by atoms with Crippen molar-refractivity contribution in [1.82, 2.24) is 20.9 Å². The molecule has 1 aromatic heterocycles. The van der Waals surface area contributed by atoms with E-state index in [1.54, 1.807) is 6.20 Å². The first kappa shape index (κ1) is 18.4. The van der Waals surface area contributed by atoms with Gasteiger partial charge in [-0.15, -0.1) is 0 Å². The Hall–Kier alpha value is -2.89. The lowest BCUT2D eigenvalue weighted by atomic mass is 10.0. The Labute approximate surface area is 148 Å². The highest BCUT2D eigenvalue weighted by atomic mass is 16.2. The predicted octanol–water partition coefficient (Wildman–Crippen LogP) is 2.63. The van der Waals surface area contributed by atoms with Gasteiger partial charge in [-0.25, -0.2) is 4.79 Å². The van der Waals surface area contributed by atoms with Crippen molar-refractivity contribution in [3.05, 3.63) is 54.4 Å². The van der Waals surface area contributed by atoms with E-state index in [1.807, 2.05) is 63.4 Å². The summed E-state index contributed by atoms with van der Waals surface area (Å²) in [6, 6.07) is 11.3. The number of amides is 3. The molecule has 0 aliphatic carbocycles. The molecule has 25 heavy (non-hydrogen) atoms. The molecule has 0 saturated carbocycles. The molecule has 2 aromatic rings. The summed E-state index contributed by atoms with van der Waals surface area (Å²) in [6.07, 6.45) is 3.55. The average Bonchev–Trinajstić information content (AvgIpc) is 2.60. The van der Waals surface area contributed by atoms with Crippen LogP contribution in [-0.4, -0.2) is 29.5 Å². The Morgan fingerprint density at radius 1 is 1.00 bits per heavy atom. The van der Waals surface area contributed by atoms with E-state index in [-0.39, 0.29) is 30.6 Å². The second-order valence-corrected chi connectivity index (χ2v) is 6.13. The standard InChI is InChI=1S/C19H24N4O2/c1-13(2)22-18(24)12-21-19(25)23-14(3)15-6-8-16(9-7-15)17-5-4-10-20-11-17/h4-11,13-14H,12H2,1-3H3,(H,22,24)(H2,21,23,25)/t14-/m0/s1. The molecule has 0 radical (unpaired) electrons. The zero-order chi connectivity index (χ0) is 18.2. The van der Waals surface area contributed by atoms with Gasteiger partial charge in [-0.2, -0.15) is 0 Å². The third kappa shape index (κ3) is 5.91. The van der Waals surface area contributed by atoms with Crippen molar-refractivity contribution < 1.29 is 9.59 Å². The number of pyridine rings is 1. The van der Waals surface area contributed by atoms with Crippen LogP contribution in [0.15, 0.2) is 48.8 Å². The highest BCUT2D eigenvalue weighted by Gasteiger charge is 2.11. The van der Waals surface area contributed by atoms with E-state index in [0.717, 1.165) is 16.7 Å². The zero-order valence-corrected chi connectivity index (χ0v) is 14.7. The van der Waals surface area contributed by atoms with Crippen molar-refractivity contribution in [2.24, 2.45) is 0 Å². The summed E-state index contributed by atoms with van der Waals surface area (Å²) in [7, 11) is 0. The molecule has 2 rings (SSSR count). The molecule has 1 aromatic carbocycles. The number of benzene rings is 1. The van der Waals surface area contributed by atoms with Gasteiger partial charge >= 0.3 is 6.03 Å². The lowest BCUT2D eigenvalue weighted by Crippen LogP contribution is -2.44. The van der Waals surface area contributed by atoms with E-state index in [4.69, 9.17) is 0 Å². The molecular weight excluding hydrogens is 316 g/mol. The van der Waals surface area contributed by atoms with Gasteiger partial charge in [0.05, 0.1) is 12.6 Å². The van der Waals surface area contributed by atoms with Crippen molar-refractivity contribution in [1.29, 1.82) is 0 Å². The maximum Gasteiger partial charge on any atom is 0.315 e. The van der Waals surface area contributed by atoms with E-state index >= 15 is 0 Å². The molecule has 0 fully saturated rings. The smallest absolute Gasteiger partial charge is 0.315 e. The Balaban J connectivity index is 1.87. The minimum absolute atomic E-state index is 0.0450. The number of aromatic nitrogens is 1. The van der Waals surface area contributed by atoms with Gasteiger partial charge in [-0.1, -0.05) is 30.3 Å². The molecule has 6 nitrogen and oxygen atoms in total. The van der Waals surface area contributed by atoms with Gasteiger partial charge in [-0.3, -0.25) is 9.78 Å². The highest BCUT2D eigenvalue weighted by Crippen LogP contribution is 2.21. The van der Waals surface area contributed by atoms with Crippen molar-refractivity contribution in [3.8, 4) is 11.1 Å². The Kier molecular flexibility index (Phi) is 6.51. The number of hydrogen-bond acceptors (Lipinski definition) is 3. The number of carbonyl (C=O) groups is 2. The molecule has 0 bridgehead atoms. The molecule has 1 heterocycles. The van der Waals surface area contributed by atoms with E-state index < -0.39 is 0 Å². The molecule has 0 aliphatic heterocycles. The number of nitrogens with zero attached hydrogens (tertiary/aromatic N) is 1. The third-order valence-corrected chi connectivity index (χ3v) is 3.61. The topological polar surface area (TPSA) is 83.1 Å². The monoisotopic (exact) mass is 340 g/mol. The Bertz CT molecular complexity index is 699. The van der Waals surface area contributed by atoms with Gasteiger partial charge < -0.3 is 16.0 Å². The quantitative estimate of drug-likeness (QED) is 0.756. The first-order valence-corrected chi connectivity index (χ1v) is 8.30. The van der Waals surface area contributed by atoms with Crippen molar-refractivity contribution in [3.63, 3.8) is 0 Å². The number of nitrogens with one attached hydrogen (secondary N) is 3. The van der Waals surface area contributed by atoms with Crippen LogP contribution in [0.4, 0.5) is 4.79 Å². The first-order valence-electron chi connectivity index (χ1n) is 8.30. The van der Waals surface area contributed by atoms with Crippen LogP contribution in [0.3, 0.4) is 0 Å². The van der Waals surface area contributed by atoms with Gasteiger partial charge in [-0.05, 0) is 43.5 Å². The number of hydrogen-bond donors (Lipinski definition) is 3. The van der Waals surface area contributed by atoms with Gasteiger partial charge in [0.15, 0.2) is 0 Å². The molecule has 3 amide bonds. The second kappa shape index (κ2) is 8.82. The molecule has 0 saturated heterocycles. The van der Waals surface area contributed by atoms with Gasteiger partial charge in [0.1, 0.15) is 0 Å². The molecule has 3 N–H and O–H groups in total. The van der Waals surface area contributed by atoms with Crippen LogP contribution in [-0.2, 0) is 4.79 Å². The van der Waals surface area contributed by atoms with Crippen LogP contribution >= 0.6 is 0 Å². The van der Waals surface area contributed by atoms with Crippen molar-refractivity contribution >= 4 is 11.9 Å². The SMILES string of the molecule is CC(C)NC(=O)CNC(=O)N[C@@H](C)c1ccc(-c2cccnc2)cc1. The summed E-state index contributed by atoms with van der Waals surface area (Å²) in [5, 5.41) is 8.10. The van der Waals surface area contributed by atoms with Crippen LogP contribution in [0.5, 0.6) is 0 Å². The highest BCUT2D eigenvalue weighted by molar-refractivity contribution is 5.84. The molecule has 0 aliphatic rings. The summed E-state index contributed by atoms with van der Waals surface area (Å²) >= 11 is 0. The van der Waals surface area contributed by atoms with E-state index in [2.05, 4.69) is 20.9 Å². The summed E-state index contributed by atoms with van der Waals surface area (Å²) in [5.74, 6) is -0.210. The van der Waals surface area contributed by atoms with Crippen LogP contribution in [0.2, 0.25) is 0 Å². The van der Waals surface area contributed by atoms with Gasteiger partial charge in [0.2, 0.25) is 5.91 Å². The average molecular weight is 340 g/mol. The number of rotatable bonds is 6. The fourth-order valence-electron chi connectivity index (χ4n) is 2.36. The summed E-state index contributed by atoms with van der Waals surface area (Å²) in [5.41, 5.74) is 3.09. The summed E-state index contributed by atoms with van der Waals surface area (Å²) in [6.45, 7) is 5.59.